The van der Waals surface area contributed by atoms with E-state index in [9.17, 15) is 9.59 Å². The van der Waals surface area contributed by atoms with Crippen molar-refractivity contribution in [1.82, 2.24) is 4.90 Å². The maximum atomic E-state index is 12.7. The van der Waals surface area contributed by atoms with Gasteiger partial charge in [0, 0.05) is 10.0 Å². The molecule has 8 heteroatoms. The number of carbonyl (C=O) groups excluding carboxylic acids is 2. The minimum Gasteiger partial charge on any atom is -0.444 e. The molecule has 0 spiro atoms. The fourth-order valence-corrected chi connectivity index (χ4v) is 4.16. The van der Waals surface area contributed by atoms with E-state index in [1.165, 1.54) is 4.90 Å². The molecule has 0 radical (unpaired) electrons. The van der Waals surface area contributed by atoms with Crippen LogP contribution in [0.25, 0.3) is 0 Å². The SMILES string of the molecule is CC(C)(C)OC(=O)N(CC=O)C[C@H](O[Si](C)(C)C(C)(C)C)c1cc(Cl)cc(Cl)c1. The van der Waals surface area contributed by atoms with Crippen LogP contribution in [0.3, 0.4) is 0 Å². The Balaban J connectivity index is 3.30. The number of benzene rings is 1. The van der Waals surface area contributed by atoms with Crippen LogP contribution < -0.4 is 0 Å². The summed E-state index contributed by atoms with van der Waals surface area (Å²) < 4.78 is 12.1. The van der Waals surface area contributed by atoms with E-state index in [1.807, 2.05) is 0 Å². The highest BCUT2D eigenvalue weighted by Crippen LogP contribution is 2.40. The van der Waals surface area contributed by atoms with Gasteiger partial charge in [0.15, 0.2) is 8.32 Å². The summed E-state index contributed by atoms with van der Waals surface area (Å²) in [4.78, 5) is 25.2. The first-order chi connectivity index (χ1) is 13.1. The summed E-state index contributed by atoms with van der Waals surface area (Å²) in [6.07, 6.45) is -0.390. The molecule has 0 bridgehead atoms. The molecule has 29 heavy (non-hydrogen) atoms. The maximum Gasteiger partial charge on any atom is 0.410 e. The maximum absolute atomic E-state index is 12.7. The van der Waals surface area contributed by atoms with E-state index in [0.29, 0.717) is 16.3 Å². The van der Waals surface area contributed by atoms with Crippen LogP contribution >= 0.6 is 23.2 Å². The first-order valence-electron chi connectivity index (χ1n) is 9.61. The third kappa shape index (κ3) is 8.28. The minimum atomic E-state index is -2.21. The van der Waals surface area contributed by atoms with E-state index < -0.39 is 26.1 Å². The van der Waals surface area contributed by atoms with Crippen LogP contribution in [0.2, 0.25) is 28.2 Å². The normalized spacial score (nSPS) is 13.7. The zero-order chi connectivity index (χ0) is 22.6. The van der Waals surface area contributed by atoms with E-state index in [1.54, 1.807) is 39.0 Å². The molecule has 0 saturated heterocycles. The highest BCUT2D eigenvalue weighted by molar-refractivity contribution is 6.74. The van der Waals surface area contributed by atoms with Gasteiger partial charge in [-0.2, -0.15) is 0 Å². The topological polar surface area (TPSA) is 55.8 Å². The summed E-state index contributed by atoms with van der Waals surface area (Å²) in [7, 11) is -2.21. The van der Waals surface area contributed by atoms with Crippen LogP contribution in [0.15, 0.2) is 18.2 Å². The van der Waals surface area contributed by atoms with Crippen molar-refractivity contribution in [3.05, 3.63) is 33.8 Å². The molecule has 164 valence electrons. The van der Waals surface area contributed by atoms with E-state index in [-0.39, 0.29) is 18.1 Å². The summed E-state index contributed by atoms with van der Waals surface area (Å²) >= 11 is 12.4. The fourth-order valence-electron chi connectivity index (χ4n) is 2.34. The molecular formula is C21H33Cl2NO4Si. The molecule has 1 rings (SSSR count). The number of carbonyl (C=O) groups is 2. The number of ether oxygens (including phenoxy) is 1. The first-order valence-corrected chi connectivity index (χ1v) is 13.3. The largest absolute Gasteiger partial charge is 0.444 e. The second kappa shape index (κ2) is 9.82. The zero-order valence-electron chi connectivity index (χ0n) is 18.6. The lowest BCUT2D eigenvalue weighted by Crippen LogP contribution is -2.46. The number of rotatable bonds is 7. The van der Waals surface area contributed by atoms with Crippen molar-refractivity contribution in [2.75, 3.05) is 13.1 Å². The molecule has 0 unspecified atom stereocenters. The van der Waals surface area contributed by atoms with Gasteiger partial charge in [0.2, 0.25) is 0 Å². The van der Waals surface area contributed by atoms with Gasteiger partial charge in [-0.15, -0.1) is 0 Å². The fraction of sp³-hybridized carbons (Fsp3) is 0.619. The molecule has 0 heterocycles. The molecule has 1 atom stereocenters. The van der Waals surface area contributed by atoms with Crippen molar-refractivity contribution in [1.29, 1.82) is 0 Å². The Morgan fingerprint density at radius 1 is 1.10 bits per heavy atom. The van der Waals surface area contributed by atoms with Gasteiger partial charge in [0.1, 0.15) is 11.9 Å². The van der Waals surface area contributed by atoms with E-state index in [2.05, 4.69) is 33.9 Å². The highest BCUT2D eigenvalue weighted by Gasteiger charge is 2.40. The zero-order valence-corrected chi connectivity index (χ0v) is 21.1. The molecule has 0 fully saturated rings. The summed E-state index contributed by atoms with van der Waals surface area (Å²) in [5, 5.41) is 0.917. The predicted octanol–water partition coefficient (Wildman–Crippen LogP) is 6.49. The monoisotopic (exact) mass is 461 g/mol. The van der Waals surface area contributed by atoms with Crippen molar-refractivity contribution >= 4 is 43.9 Å². The predicted molar refractivity (Wildman–Crippen MR) is 121 cm³/mol. The van der Waals surface area contributed by atoms with Crippen LogP contribution in [0.1, 0.15) is 53.2 Å². The van der Waals surface area contributed by atoms with E-state index in [4.69, 9.17) is 32.4 Å². The van der Waals surface area contributed by atoms with Crippen molar-refractivity contribution in [3.8, 4) is 0 Å². The molecular weight excluding hydrogens is 429 g/mol. The number of nitrogens with zero attached hydrogens (tertiary/aromatic N) is 1. The summed E-state index contributed by atoms with van der Waals surface area (Å²) in [6.45, 7) is 16.1. The van der Waals surface area contributed by atoms with Gasteiger partial charge < -0.3 is 14.0 Å². The Morgan fingerprint density at radius 3 is 2.03 bits per heavy atom. The second-order valence-corrected chi connectivity index (χ2v) is 15.3. The number of halogens is 2. The van der Waals surface area contributed by atoms with Crippen molar-refractivity contribution in [3.63, 3.8) is 0 Å². The number of aldehydes is 1. The molecule has 0 saturated carbocycles. The Hall–Kier alpha value is -1.08. The molecule has 0 aliphatic rings. The van der Waals surface area contributed by atoms with Gasteiger partial charge in [0.25, 0.3) is 0 Å². The molecule has 5 nitrogen and oxygen atoms in total. The van der Waals surface area contributed by atoms with Gasteiger partial charge in [-0.1, -0.05) is 44.0 Å². The lowest BCUT2D eigenvalue weighted by molar-refractivity contribution is -0.109. The number of hydrogen-bond acceptors (Lipinski definition) is 4. The molecule has 1 aromatic rings. The third-order valence-electron chi connectivity index (χ3n) is 4.83. The van der Waals surface area contributed by atoms with Crippen molar-refractivity contribution in [2.24, 2.45) is 0 Å². The Morgan fingerprint density at radius 2 is 1.62 bits per heavy atom. The molecule has 0 aromatic heterocycles. The molecule has 1 amide bonds. The van der Waals surface area contributed by atoms with Crippen LogP contribution in [0.4, 0.5) is 4.79 Å². The molecule has 0 N–H and O–H groups in total. The molecule has 0 aliphatic carbocycles. The minimum absolute atomic E-state index is 0.0466. The summed E-state index contributed by atoms with van der Waals surface area (Å²) in [5.41, 5.74) is 0.0830. The highest BCUT2D eigenvalue weighted by atomic mass is 35.5. The number of hydrogen-bond donors (Lipinski definition) is 0. The lowest BCUT2D eigenvalue weighted by atomic mass is 10.1. The van der Waals surface area contributed by atoms with Gasteiger partial charge in [-0.3, -0.25) is 4.90 Å². The van der Waals surface area contributed by atoms with Crippen LogP contribution in [-0.2, 0) is 14.0 Å². The Kier molecular flexibility index (Phi) is 8.78. The first kappa shape index (κ1) is 26.0. The quantitative estimate of drug-likeness (QED) is 0.343. The van der Waals surface area contributed by atoms with Crippen LogP contribution in [-0.4, -0.2) is 44.3 Å². The average molecular weight is 462 g/mol. The lowest BCUT2D eigenvalue weighted by Gasteiger charge is -2.40. The average Bonchev–Trinajstić information content (AvgIpc) is 2.49. The summed E-state index contributed by atoms with van der Waals surface area (Å²) in [5.74, 6) is 0. The smallest absolute Gasteiger partial charge is 0.410 e. The van der Waals surface area contributed by atoms with Gasteiger partial charge in [-0.25, -0.2) is 4.79 Å². The molecule has 1 aromatic carbocycles. The van der Waals surface area contributed by atoms with Crippen LogP contribution in [0.5, 0.6) is 0 Å². The van der Waals surface area contributed by atoms with Gasteiger partial charge in [0.05, 0.1) is 19.2 Å². The Labute approximate surface area is 185 Å². The number of amides is 1. The Bertz CT molecular complexity index is 706. The van der Waals surface area contributed by atoms with E-state index >= 15 is 0 Å². The van der Waals surface area contributed by atoms with Crippen molar-refractivity contribution in [2.45, 2.75) is 71.4 Å². The van der Waals surface area contributed by atoms with Gasteiger partial charge in [-0.05, 0) is 62.7 Å². The summed E-state index contributed by atoms with van der Waals surface area (Å²) in [6, 6.07) is 5.20. The van der Waals surface area contributed by atoms with Crippen molar-refractivity contribution < 1.29 is 18.8 Å². The standard InChI is InChI=1S/C21H33Cl2NO4Si/c1-20(2,3)27-19(26)24(9-10-25)14-18(28-29(7,8)21(4,5)6)15-11-16(22)13-17(23)12-15/h10-13,18H,9,14H2,1-8H3/t18-/m0/s1. The van der Waals surface area contributed by atoms with Crippen LogP contribution in [0, 0.1) is 0 Å². The van der Waals surface area contributed by atoms with E-state index in [0.717, 1.165) is 5.56 Å². The molecule has 0 aliphatic heterocycles. The second-order valence-electron chi connectivity index (χ2n) is 9.62. The van der Waals surface area contributed by atoms with Gasteiger partial charge >= 0.3 is 6.09 Å². The third-order valence-corrected chi connectivity index (χ3v) is 9.76.